The van der Waals surface area contributed by atoms with Gasteiger partial charge in [-0.1, -0.05) is 0 Å². The van der Waals surface area contributed by atoms with Crippen LogP contribution in [0, 0.1) is 0 Å². The van der Waals surface area contributed by atoms with E-state index < -0.39 is 18.2 Å². The molecule has 0 aliphatic carbocycles. The smallest absolute Gasteiger partial charge is 0.100 e. The van der Waals surface area contributed by atoms with Crippen LogP contribution in [0.4, 0.5) is 0 Å². The lowest BCUT2D eigenvalue weighted by molar-refractivity contribution is -0.0433. The third kappa shape index (κ3) is 1.44. The highest BCUT2D eigenvalue weighted by Crippen LogP contribution is 2.01. The van der Waals surface area contributed by atoms with Crippen LogP contribution in [0.2, 0.25) is 0 Å². The fraction of sp³-hybridized carbons (Fsp3) is 1.00. The highest BCUT2D eigenvalue weighted by atomic mass is 16.3. The maximum absolute atomic E-state index is 9.12. The van der Waals surface area contributed by atoms with Crippen LogP contribution >= 0.6 is 0 Å². The van der Waals surface area contributed by atoms with Gasteiger partial charge in [-0.05, 0) is 0 Å². The van der Waals surface area contributed by atoms with Crippen LogP contribution in [0.1, 0.15) is 0 Å². The fourth-order valence-corrected chi connectivity index (χ4v) is 0.923. The van der Waals surface area contributed by atoms with Crippen LogP contribution in [0.3, 0.4) is 0 Å². The van der Waals surface area contributed by atoms with E-state index >= 15 is 0 Å². The molecule has 5 N–H and O–H groups in total. The van der Waals surface area contributed by atoms with E-state index in [1.807, 2.05) is 0 Å². The molecule has 5 nitrogen and oxygen atoms in total. The van der Waals surface area contributed by atoms with Gasteiger partial charge in [0, 0.05) is 6.54 Å². The van der Waals surface area contributed by atoms with Crippen molar-refractivity contribution in [2.75, 3.05) is 13.2 Å². The molecule has 5 heteroatoms. The van der Waals surface area contributed by atoms with Gasteiger partial charge in [-0.15, -0.1) is 0 Å². The third-order valence-corrected chi connectivity index (χ3v) is 1.60. The van der Waals surface area contributed by atoms with Gasteiger partial charge < -0.3 is 15.3 Å². The molecule has 1 aliphatic heterocycles. The molecule has 0 amide bonds. The summed E-state index contributed by atoms with van der Waals surface area (Å²) in [5.74, 6) is 0. The van der Waals surface area contributed by atoms with Crippen molar-refractivity contribution in [2.24, 2.45) is 0 Å². The van der Waals surface area contributed by atoms with E-state index in [-0.39, 0.29) is 6.61 Å². The van der Waals surface area contributed by atoms with E-state index in [9.17, 15) is 0 Å². The molecule has 0 radical (unpaired) electrons. The van der Waals surface area contributed by atoms with Crippen molar-refractivity contribution in [3.05, 3.63) is 0 Å². The Morgan fingerprint density at radius 3 is 2.60 bits per heavy atom. The van der Waals surface area contributed by atoms with Gasteiger partial charge in [-0.25, -0.2) is 5.43 Å². The summed E-state index contributed by atoms with van der Waals surface area (Å²) in [4.78, 5) is 0. The molecule has 0 spiro atoms. The van der Waals surface area contributed by atoms with Gasteiger partial charge in [0.25, 0.3) is 0 Å². The SMILES string of the molecule is OC[13C@H]1NNC[C@@H](O)[C@@H]1O. The molecule has 1 fully saturated rings. The lowest BCUT2D eigenvalue weighted by atomic mass is 10.2. The quantitative estimate of drug-likeness (QED) is 0.260. The van der Waals surface area contributed by atoms with Gasteiger partial charge in [0.05, 0.1) is 18.8 Å². The first kappa shape index (κ1) is 7.90. The summed E-state index contributed by atoms with van der Waals surface area (Å²) in [6, 6.07) is -0.469. The molecule has 1 aliphatic rings. The fourth-order valence-electron chi connectivity index (χ4n) is 0.923. The van der Waals surface area contributed by atoms with E-state index in [1.54, 1.807) is 0 Å². The number of nitrogens with one attached hydrogen (secondary N) is 2. The Labute approximate surface area is 58.6 Å². The molecule has 1 saturated heterocycles. The van der Waals surface area contributed by atoms with Gasteiger partial charge in [0.2, 0.25) is 0 Å². The minimum absolute atomic E-state index is 0.189. The summed E-state index contributed by atoms with van der Waals surface area (Å²) >= 11 is 0. The van der Waals surface area contributed by atoms with Crippen LogP contribution in [-0.4, -0.2) is 46.7 Å². The minimum atomic E-state index is -0.883. The van der Waals surface area contributed by atoms with Crippen molar-refractivity contribution in [1.29, 1.82) is 0 Å². The highest BCUT2D eigenvalue weighted by Gasteiger charge is 2.29. The lowest BCUT2D eigenvalue weighted by Gasteiger charge is -2.31. The Balaban J connectivity index is 2.42. The molecular formula is C5H12N2O3. The number of rotatable bonds is 1. The van der Waals surface area contributed by atoms with Crippen LogP contribution in [-0.2, 0) is 0 Å². The second kappa shape index (κ2) is 3.27. The summed E-state index contributed by atoms with van der Waals surface area (Å²) in [5.41, 5.74) is 5.28. The molecule has 10 heavy (non-hydrogen) atoms. The molecule has 60 valence electrons. The average Bonchev–Trinajstić information content (AvgIpc) is 1.95. The predicted octanol–water partition coefficient (Wildman–Crippen LogP) is -2.82. The molecule has 1 rings (SSSR count). The van der Waals surface area contributed by atoms with Gasteiger partial charge >= 0.3 is 0 Å². The zero-order valence-electron chi connectivity index (χ0n) is 5.49. The van der Waals surface area contributed by atoms with E-state index in [0.29, 0.717) is 6.54 Å². The summed E-state index contributed by atoms with van der Waals surface area (Å²) in [6.07, 6.45) is -1.68. The number of hydrogen-bond acceptors (Lipinski definition) is 5. The molecule has 0 bridgehead atoms. The summed E-state index contributed by atoms with van der Waals surface area (Å²) < 4.78 is 0. The van der Waals surface area contributed by atoms with Crippen molar-refractivity contribution in [3.63, 3.8) is 0 Å². The van der Waals surface area contributed by atoms with Crippen LogP contribution in [0.5, 0.6) is 0 Å². The van der Waals surface area contributed by atoms with Crippen molar-refractivity contribution in [1.82, 2.24) is 10.9 Å². The van der Waals surface area contributed by atoms with Gasteiger partial charge in [0.1, 0.15) is 6.10 Å². The third-order valence-electron chi connectivity index (χ3n) is 1.60. The maximum atomic E-state index is 9.12. The number of β-amino-alcohol motifs (C(OH)–C–C–N with tert-alkyl or cyclic N) is 1. The average molecular weight is 149 g/mol. The Morgan fingerprint density at radius 2 is 2.10 bits per heavy atom. The number of aliphatic hydroxyl groups is 3. The Hall–Kier alpha value is -0.200. The van der Waals surface area contributed by atoms with Crippen molar-refractivity contribution in [3.8, 4) is 0 Å². The molecular weight excluding hydrogens is 137 g/mol. The van der Waals surface area contributed by atoms with Crippen molar-refractivity contribution >= 4 is 0 Å². The Kier molecular flexibility index (Phi) is 2.58. The van der Waals surface area contributed by atoms with E-state index in [4.69, 9.17) is 15.3 Å². The molecule has 0 aromatic carbocycles. The molecule has 0 unspecified atom stereocenters. The summed E-state index contributed by atoms with van der Waals surface area (Å²) in [6.45, 7) is 0.114. The first-order valence-corrected chi connectivity index (χ1v) is 3.21. The second-order valence-electron chi connectivity index (χ2n) is 2.37. The first-order valence-electron chi connectivity index (χ1n) is 3.21. The monoisotopic (exact) mass is 149 g/mol. The van der Waals surface area contributed by atoms with Gasteiger partial charge in [-0.3, -0.25) is 5.43 Å². The van der Waals surface area contributed by atoms with Crippen molar-refractivity contribution in [2.45, 2.75) is 18.2 Å². The van der Waals surface area contributed by atoms with Crippen LogP contribution in [0.25, 0.3) is 0 Å². The number of aliphatic hydroxyl groups excluding tert-OH is 3. The number of hydrazine groups is 1. The molecule has 0 aromatic rings. The molecule has 0 aromatic heterocycles. The van der Waals surface area contributed by atoms with E-state index in [2.05, 4.69) is 10.9 Å². The van der Waals surface area contributed by atoms with Crippen molar-refractivity contribution < 1.29 is 15.3 Å². The largest absolute Gasteiger partial charge is 0.395 e. The summed E-state index contributed by atoms with van der Waals surface area (Å²) in [7, 11) is 0. The minimum Gasteiger partial charge on any atom is -0.395 e. The summed E-state index contributed by atoms with van der Waals surface area (Å²) in [5, 5.41) is 26.7. The van der Waals surface area contributed by atoms with Gasteiger partial charge in [-0.2, -0.15) is 0 Å². The topological polar surface area (TPSA) is 84.8 Å². The molecule has 3 atom stereocenters. The lowest BCUT2D eigenvalue weighted by Crippen LogP contribution is -2.62. The van der Waals surface area contributed by atoms with E-state index in [1.165, 1.54) is 0 Å². The van der Waals surface area contributed by atoms with Crippen LogP contribution in [0.15, 0.2) is 0 Å². The molecule has 1 heterocycles. The second-order valence-corrected chi connectivity index (χ2v) is 2.37. The van der Waals surface area contributed by atoms with Gasteiger partial charge in [0.15, 0.2) is 0 Å². The zero-order valence-corrected chi connectivity index (χ0v) is 5.49. The Morgan fingerprint density at radius 1 is 1.40 bits per heavy atom. The van der Waals surface area contributed by atoms with Crippen LogP contribution < -0.4 is 10.9 Å². The zero-order chi connectivity index (χ0) is 7.56. The number of hydrogen-bond donors (Lipinski definition) is 5. The molecule has 0 saturated carbocycles. The van der Waals surface area contributed by atoms with E-state index in [0.717, 1.165) is 0 Å². The first-order chi connectivity index (χ1) is 4.75. The standard InChI is InChI=1S/C5H12N2O3/c8-2-3-5(10)4(9)1-6-7-3/h3-10H,1-2H2/t3-,4-,5-/m1/s1/i3+1. The highest BCUT2D eigenvalue weighted by molar-refractivity contribution is 4.84. The predicted molar refractivity (Wildman–Crippen MR) is 34.0 cm³/mol. The Bertz CT molecular complexity index is 111. The maximum Gasteiger partial charge on any atom is 0.100 e. The normalized spacial score (nSPS) is 41.7.